The summed E-state index contributed by atoms with van der Waals surface area (Å²) in [5.41, 5.74) is 3.44. The van der Waals surface area contributed by atoms with Gasteiger partial charge in [-0.25, -0.2) is 9.97 Å². The molecule has 0 spiro atoms. The average molecular weight is 311 g/mol. The van der Waals surface area contributed by atoms with Crippen molar-refractivity contribution >= 4 is 0 Å². The summed E-state index contributed by atoms with van der Waals surface area (Å²) in [5, 5.41) is 0. The maximum atomic E-state index is 5.80. The first kappa shape index (κ1) is 16.1. The average Bonchev–Trinajstić information content (AvgIpc) is 2.57. The molecule has 0 amide bonds. The second kappa shape index (κ2) is 7.66. The van der Waals surface area contributed by atoms with Crippen molar-refractivity contribution in [2.45, 2.75) is 38.8 Å². The molecule has 0 N–H and O–H groups in total. The van der Waals surface area contributed by atoms with Crippen LogP contribution in [0.2, 0.25) is 0 Å². The van der Waals surface area contributed by atoms with Gasteiger partial charge in [-0.2, -0.15) is 0 Å². The molecule has 1 aliphatic heterocycles. The van der Waals surface area contributed by atoms with E-state index in [2.05, 4.69) is 41.0 Å². The van der Waals surface area contributed by atoms with E-state index >= 15 is 0 Å². The largest absolute Gasteiger partial charge is 0.377 e. The quantitative estimate of drug-likeness (QED) is 0.847. The molecular weight excluding hydrogens is 286 g/mol. The van der Waals surface area contributed by atoms with Crippen molar-refractivity contribution < 1.29 is 4.74 Å². The molecule has 1 saturated heterocycles. The Hall–Kier alpha value is -1.78. The van der Waals surface area contributed by atoms with Gasteiger partial charge in [0.1, 0.15) is 0 Å². The molecule has 0 bridgehead atoms. The molecular formula is C19H25N3O. The number of benzene rings is 1. The fourth-order valence-electron chi connectivity index (χ4n) is 3.07. The highest BCUT2D eigenvalue weighted by Gasteiger charge is 2.16. The maximum Gasteiger partial charge on any atom is 0.159 e. The van der Waals surface area contributed by atoms with Crippen molar-refractivity contribution in [1.29, 1.82) is 0 Å². The second-order valence-corrected chi connectivity index (χ2v) is 6.42. The lowest BCUT2D eigenvalue weighted by atomic mass is 10.1. The molecule has 1 aliphatic rings. The standard InChI is InChI=1S/C19H25N3O/c1-15-7-3-4-9-18(15)19-20-11-16(12-21-19)13-22(2)14-17-8-5-6-10-23-17/h3-4,7,9,11-12,17H,5-6,8,10,13-14H2,1-2H3/t17-/m0/s1. The minimum absolute atomic E-state index is 0.376. The molecule has 0 aliphatic carbocycles. The van der Waals surface area contributed by atoms with Crippen molar-refractivity contribution in [3.63, 3.8) is 0 Å². The van der Waals surface area contributed by atoms with Gasteiger partial charge >= 0.3 is 0 Å². The molecule has 1 aromatic carbocycles. The molecule has 0 radical (unpaired) electrons. The van der Waals surface area contributed by atoms with E-state index < -0.39 is 0 Å². The van der Waals surface area contributed by atoms with Crippen LogP contribution in [0.5, 0.6) is 0 Å². The number of hydrogen-bond donors (Lipinski definition) is 0. The number of nitrogens with zero attached hydrogens (tertiary/aromatic N) is 3. The van der Waals surface area contributed by atoms with Gasteiger partial charge in [-0.05, 0) is 38.8 Å². The summed E-state index contributed by atoms with van der Waals surface area (Å²) < 4.78 is 5.80. The molecule has 4 nitrogen and oxygen atoms in total. The predicted octanol–water partition coefficient (Wildman–Crippen LogP) is 3.45. The molecule has 23 heavy (non-hydrogen) atoms. The number of ether oxygens (including phenoxy) is 1. The summed E-state index contributed by atoms with van der Waals surface area (Å²) in [6.45, 7) is 4.82. The first-order valence-electron chi connectivity index (χ1n) is 8.39. The molecule has 1 fully saturated rings. The third-order valence-corrected chi connectivity index (χ3v) is 4.33. The first-order valence-corrected chi connectivity index (χ1v) is 8.39. The maximum absolute atomic E-state index is 5.80. The highest BCUT2D eigenvalue weighted by molar-refractivity contribution is 5.59. The van der Waals surface area contributed by atoms with Crippen molar-refractivity contribution in [3.8, 4) is 11.4 Å². The topological polar surface area (TPSA) is 38.2 Å². The van der Waals surface area contributed by atoms with Gasteiger partial charge in [0, 0.05) is 43.2 Å². The zero-order valence-corrected chi connectivity index (χ0v) is 14.0. The molecule has 0 unspecified atom stereocenters. The van der Waals surface area contributed by atoms with E-state index in [0.717, 1.165) is 36.6 Å². The van der Waals surface area contributed by atoms with Crippen molar-refractivity contribution in [3.05, 3.63) is 47.8 Å². The molecule has 3 rings (SSSR count). The van der Waals surface area contributed by atoms with E-state index in [4.69, 9.17) is 4.74 Å². The number of rotatable bonds is 5. The van der Waals surface area contributed by atoms with Crippen LogP contribution in [0.1, 0.15) is 30.4 Å². The minimum Gasteiger partial charge on any atom is -0.377 e. The van der Waals surface area contributed by atoms with Crippen LogP contribution in [-0.2, 0) is 11.3 Å². The van der Waals surface area contributed by atoms with Crippen LogP contribution in [0, 0.1) is 6.92 Å². The fraction of sp³-hybridized carbons (Fsp3) is 0.474. The van der Waals surface area contributed by atoms with Crippen molar-refractivity contribution in [1.82, 2.24) is 14.9 Å². The van der Waals surface area contributed by atoms with Crippen LogP contribution in [0.15, 0.2) is 36.7 Å². The highest BCUT2D eigenvalue weighted by Crippen LogP contribution is 2.19. The summed E-state index contributed by atoms with van der Waals surface area (Å²) in [6, 6.07) is 8.22. The Labute approximate surface area is 138 Å². The van der Waals surface area contributed by atoms with Crippen LogP contribution in [0.4, 0.5) is 0 Å². The number of aryl methyl sites for hydroxylation is 1. The molecule has 2 heterocycles. The number of aromatic nitrogens is 2. The van der Waals surface area contributed by atoms with Gasteiger partial charge < -0.3 is 4.74 Å². The molecule has 122 valence electrons. The van der Waals surface area contributed by atoms with Crippen LogP contribution in [-0.4, -0.2) is 41.2 Å². The highest BCUT2D eigenvalue weighted by atomic mass is 16.5. The fourth-order valence-corrected chi connectivity index (χ4v) is 3.07. The Bertz CT molecular complexity index is 621. The van der Waals surface area contributed by atoms with Crippen LogP contribution in [0.3, 0.4) is 0 Å². The third kappa shape index (κ3) is 4.36. The van der Waals surface area contributed by atoms with Gasteiger partial charge in [0.25, 0.3) is 0 Å². The SMILES string of the molecule is Cc1ccccc1-c1ncc(CN(C)C[C@@H]2CCCCO2)cn1. The zero-order chi connectivity index (χ0) is 16.1. The van der Waals surface area contributed by atoms with E-state index in [1.54, 1.807) is 0 Å². The first-order chi connectivity index (χ1) is 11.2. The van der Waals surface area contributed by atoms with Gasteiger partial charge in [0.05, 0.1) is 6.10 Å². The van der Waals surface area contributed by atoms with Crippen molar-refractivity contribution in [2.24, 2.45) is 0 Å². The zero-order valence-electron chi connectivity index (χ0n) is 14.0. The van der Waals surface area contributed by atoms with E-state index in [1.165, 1.54) is 24.8 Å². The third-order valence-electron chi connectivity index (χ3n) is 4.33. The Kier molecular flexibility index (Phi) is 5.36. The second-order valence-electron chi connectivity index (χ2n) is 6.42. The van der Waals surface area contributed by atoms with Gasteiger partial charge in [-0.1, -0.05) is 24.3 Å². The number of hydrogen-bond acceptors (Lipinski definition) is 4. The van der Waals surface area contributed by atoms with Crippen LogP contribution >= 0.6 is 0 Å². The van der Waals surface area contributed by atoms with Gasteiger partial charge in [-0.15, -0.1) is 0 Å². The number of likely N-dealkylation sites (N-methyl/N-ethyl adjacent to an activating group) is 1. The molecule has 1 aromatic heterocycles. The Morgan fingerprint density at radius 3 is 2.65 bits per heavy atom. The van der Waals surface area contributed by atoms with Crippen LogP contribution in [0.25, 0.3) is 11.4 Å². The predicted molar refractivity (Wildman–Crippen MR) is 92.1 cm³/mol. The van der Waals surface area contributed by atoms with Gasteiger partial charge in [-0.3, -0.25) is 4.90 Å². The summed E-state index contributed by atoms with van der Waals surface area (Å²) in [6.07, 6.45) is 7.91. The summed E-state index contributed by atoms with van der Waals surface area (Å²) in [7, 11) is 2.13. The monoisotopic (exact) mass is 311 g/mol. The van der Waals surface area contributed by atoms with E-state index in [0.29, 0.717) is 6.10 Å². The Morgan fingerprint density at radius 1 is 1.17 bits per heavy atom. The lowest BCUT2D eigenvalue weighted by Crippen LogP contribution is -2.33. The molecule has 0 saturated carbocycles. The van der Waals surface area contributed by atoms with E-state index in [1.807, 2.05) is 24.5 Å². The molecule has 1 atom stereocenters. The van der Waals surface area contributed by atoms with Crippen molar-refractivity contribution in [2.75, 3.05) is 20.2 Å². The normalized spacial score (nSPS) is 18.3. The minimum atomic E-state index is 0.376. The van der Waals surface area contributed by atoms with E-state index in [-0.39, 0.29) is 0 Å². The Morgan fingerprint density at radius 2 is 1.96 bits per heavy atom. The summed E-state index contributed by atoms with van der Waals surface area (Å²) in [4.78, 5) is 11.4. The summed E-state index contributed by atoms with van der Waals surface area (Å²) >= 11 is 0. The smallest absolute Gasteiger partial charge is 0.159 e. The van der Waals surface area contributed by atoms with Gasteiger partial charge in [0.2, 0.25) is 0 Å². The summed E-state index contributed by atoms with van der Waals surface area (Å²) in [5.74, 6) is 0.796. The lowest BCUT2D eigenvalue weighted by Gasteiger charge is -2.27. The van der Waals surface area contributed by atoms with E-state index in [9.17, 15) is 0 Å². The molecule has 4 heteroatoms. The lowest BCUT2D eigenvalue weighted by molar-refractivity contribution is -0.00261. The molecule has 2 aromatic rings. The Balaban J connectivity index is 1.60. The van der Waals surface area contributed by atoms with Gasteiger partial charge in [0.15, 0.2) is 5.82 Å². The van der Waals surface area contributed by atoms with Crippen LogP contribution < -0.4 is 0 Å².